The third kappa shape index (κ3) is 6.92. The molecule has 1 aromatic carbocycles. The fourth-order valence-electron chi connectivity index (χ4n) is 2.34. The second-order valence-corrected chi connectivity index (χ2v) is 7.08. The number of benzene rings is 1. The number of esters is 1. The van der Waals surface area contributed by atoms with Crippen LogP contribution < -0.4 is 11.1 Å². The number of nitrogens with two attached hydrogens (primary N) is 1. The van der Waals surface area contributed by atoms with Crippen molar-refractivity contribution in [3.8, 4) is 0 Å². The zero-order valence-electron chi connectivity index (χ0n) is 14.7. The van der Waals surface area contributed by atoms with Gasteiger partial charge < -0.3 is 20.7 Å². The summed E-state index contributed by atoms with van der Waals surface area (Å²) < 4.78 is 5.06. The van der Waals surface area contributed by atoms with E-state index in [2.05, 4.69) is 5.32 Å². The summed E-state index contributed by atoms with van der Waals surface area (Å²) in [4.78, 5) is 36.9. The highest BCUT2D eigenvalue weighted by molar-refractivity contribution is 7.07. The van der Waals surface area contributed by atoms with Crippen molar-refractivity contribution >= 4 is 40.8 Å². The van der Waals surface area contributed by atoms with Crippen molar-refractivity contribution in [2.45, 2.75) is 19.0 Å². The van der Waals surface area contributed by atoms with Crippen LogP contribution in [0.15, 0.2) is 41.1 Å². The third-order valence-electron chi connectivity index (χ3n) is 3.74. The number of halogens is 1. The van der Waals surface area contributed by atoms with E-state index in [1.165, 1.54) is 4.90 Å². The fourth-order valence-corrected chi connectivity index (χ4v) is 3.13. The quantitative estimate of drug-likeness (QED) is 0.654. The molecule has 1 heterocycles. The molecule has 3 amide bonds. The molecule has 27 heavy (non-hydrogen) atoms. The number of urea groups is 1. The number of nitrogens with zero attached hydrogens (tertiary/aromatic N) is 1. The van der Waals surface area contributed by atoms with Crippen LogP contribution in [0.4, 0.5) is 4.79 Å². The Labute approximate surface area is 166 Å². The van der Waals surface area contributed by atoms with Crippen LogP contribution in [0.3, 0.4) is 0 Å². The van der Waals surface area contributed by atoms with Crippen LogP contribution >= 0.6 is 22.9 Å². The maximum Gasteiger partial charge on any atom is 0.312 e. The summed E-state index contributed by atoms with van der Waals surface area (Å²) in [5.41, 5.74) is 6.83. The zero-order valence-corrected chi connectivity index (χ0v) is 16.3. The third-order valence-corrected chi connectivity index (χ3v) is 4.73. The molecule has 0 radical (unpaired) electrons. The first-order chi connectivity index (χ1) is 12.8. The average Bonchev–Trinajstić information content (AvgIpc) is 3.12. The number of thiophene rings is 1. The smallest absolute Gasteiger partial charge is 0.312 e. The Bertz CT molecular complexity index is 780. The minimum atomic E-state index is -0.769. The van der Waals surface area contributed by atoms with Crippen LogP contribution in [0.25, 0.3) is 0 Å². The monoisotopic (exact) mass is 409 g/mol. The van der Waals surface area contributed by atoms with Gasteiger partial charge in [-0.3, -0.25) is 9.59 Å². The first-order valence-electron chi connectivity index (χ1n) is 8.07. The molecule has 144 valence electrons. The van der Waals surface area contributed by atoms with E-state index in [0.29, 0.717) is 17.1 Å². The highest BCUT2D eigenvalue weighted by Gasteiger charge is 2.20. The largest absolute Gasteiger partial charge is 0.455 e. The Morgan fingerprint density at radius 2 is 1.96 bits per heavy atom. The van der Waals surface area contributed by atoms with Crippen molar-refractivity contribution in [1.29, 1.82) is 0 Å². The Balaban J connectivity index is 1.88. The van der Waals surface area contributed by atoms with Crippen molar-refractivity contribution < 1.29 is 19.1 Å². The molecule has 2 rings (SSSR count). The minimum absolute atomic E-state index is 0.161. The Kier molecular flexibility index (Phi) is 7.63. The predicted molar refractivity (Wildman–Crippen MR) is 103 cm³/mol. The second-order valence-electron chi connectivity index (χ2n) is 5.86. The van der Waals surface area contributed by atoms with E-state index < -0.39 is 18.0 Å². The summed E-state index contributed by atoms with van der Waals surface area (Å²) >= 11 is 7.39. The lowest BCUT2D eigenvalue weighted by molar-refractivity contribution is -0.152. The molecule has 3 N–H and O–H groups in total. The molecule has 0 saturated carbocycles. The SMILES string of the molecule is CN(Cc1ccsc1)C(=O)COC(=O)C[C@H](NC(N)=O)c1ccc(Cl)cc1. The van der Waals surface area contributed by atoms with E-state index in [1.54, 1.807) is 42.6 Å². The van der Waals surface area contributed by atoms with Gasteiger partial charge in [-0.15, -0.1) is 0 Å². The van der Waals surface area contributed by atoms with Crippen LogP contribution in [-0.4, -0.2) is 36.5 Å². The number of carbonyl (C=O) groups excluding carboxylic acids is 3. The van der Waals surface area contributed by atoms with Crippen LogP contribution in [0.5, 0.6) is 0 Å². The number of likely N-dealkylation sites (N-methyl/N-ethyl adjacent to an activating group) is 1. The van der Waals surface area contributed by atoms with E-state index >= 15 is 0 Å². The summed E-state index contributed by atoms with van der Waals surface area (Å²) in [6.45, 7) is 0.0693. The van der Waals surface area contributed by atoms with Gasteiger partial charge in [0.15, 0.2) is 6.61 Å². The number of carbonyl (C=O) groups is 3. The lowest BCUT2D eigenvalue weighted by Gasteiger charge is -2.19. The highest BCUT2D eigenvalue weighted by atomic mass is 35.5. The number of amides is 3. The minimum Gasteiger partial charge on any atom is -0.455 e. The Morgan fingerprint density at radius 3 is 2.56 bits per heavy atom. The zero-order chi connectivity index (χ0) is 19.8. The van der Waals surface area contributed by atoms with Gasteiger partial charge in [0.25, 0.3) is 5.91 Å². The molecule has 0 unspecified atom stereocenters. The van der Waals surface area contributed by atoms with E-state index in [4.69, 9.17) is 22.1 Å². The van der Waals surface area contributed by atoms with Gasteiger partial charge in [0.05, 0.1) is 12.5 Å². The Hall–Kier alpha value is -2.58. The van der Waals surface area contributed by atoms with E-state index in [9.17, 15) is 14.4 Å². The lowest BCUT2D eigenvalue weighted by atomic mass is 10.0. The summed E-state index contributed by atoms with van der Waals surface area (Å²) in [7, 11) is 1.64. The van der Waals surface area contributed by atoms with Crippen LogP contribution in [0, 0.1) is 0 Å². The average molecular weight is 410 g/mol. The first-order valence-corrected chi connectivity index (χ1v) is 9.39. The number of primary amides is 1. The molecule has 0 aliphatic carbocycles. The standard InChI is InChI=1S/C18H20ClN3O4S/c1-22(9-12-6-7-27-11-12)16(23)10-26-17(24)8-15(21-18(20)25)13-2-4-14(19)5-3-13/h2-7,11,15H,8-10H2,1H3,(H3,20,21,25)/t15-/m0/s1. The molecule has 0 aliphatic heterocycles. The van der Waals surface area contributed by atoms with Gasteiger partial charge in [0.1, 0.15) is 0 Å². The van der Waals surface area contributed by atoms with E-state index in [1.807, 2.05) is 16.8 Å². The van der Waals surface area contributed by atoms with E-state index in [-0.39, 0.29) is 18.9 Å². The van der Waals surface area contributed by atoms with Crippen LogP contribution in [0.2, 0.25) is 5.02 Å². The highest BCUT2D eigenvalue weighted by Crippen LogP contribution is 2.20. The predicted octanol–water partition coefficient (Wildman–Crippen LogP) is 2.70. The van der Waals surface area contributed by atoms with Crippen LogP contribution in [0.1, 0.15) is 23.6 Å². The van der Waals surface area contributed by atoms with Gasteiger partial charge in [-0.25, -0.2) is 4.79 Å². The van der Waals surface area contributed by atoms with Gasteiger partial charge >= 0.3 is 12.0 Å². The summed E-state index contributed by atoms with van der Waals surface area (Å²) in [5, 5.41) is 6.89. The van der Waals surface area contributed by atoms with E-state index in [0.717, 1.165) is 5.56 Å². The number of hydrogen-bond donors (Lipinski definition) is 2. The van der Waals surface area contributed by atoms with Crippen molar-refractivity contribution in [3.05, 3.63) is 57.2 Å². The molecule has 1 atom stereocenters. The number of hydrogen-bond acceptors (Lipinski definition) is 5. The normalized spacial score (nSPS) is 11.5. The maximum atomic E-state index is 12.1. The number of rotatable bonds is 8. The van der Waals surface area contributed by atoms with Gasteiger partial charge in [-0.2, -0.15) is 11.3 Å². The second kappa shape index (κ2) is 9.94. The van der Waals surface area contributed by atoms with Gasteiger partial charge in [0, 0.05) is 18.6 Å². The number of ether oxygens (including phenoxy) is 1. The molecule has 0 aliphatic rings. The molecule has 7 nitrogen and oxygen atoms in total. The molecule has 0 spiro atoms. The van der Waals surface area contributed by atoms with Gasteiger partial charge in [-0.05, 0) is 40.1 Å². The molecule has 0 bridgehead atoms. The topological polar surface area (TPSA) is 102 Å². The summed E-state index contributed by atoms with van der Waals surface area (Å²) in [6.07, 6.45) is -0.161. The molecule has 0 fully saturated rings. The van der Waals surface area contributed by atoms with Crippen LogP contribution in [-0.2, 0) is 20.9 Å². The molecule has 0 saturated heterocycles. The first kappa shape index (κ1) is 20.7. The lowest BCUT2D eigenvalue weighted by Crippen LogP contribution is -2.35. The molecule has 1 aromatic heterocycles. The number of nitrogens with one attached hydrogen (secondary N) is 1. The van der Waals surface area contributed by atoms with Gasteiger partial charge in [0.2, 0.25) is 0 Å². The maximum absolute atomic E-state index is 12.1. The van der Waals surface area contributed by atoms with Crippen molar-refractivity contribution in [2.75, 3.05) is 13.7 Å². The van der Waals surface area contributed by atoms with Gasteiger partial charge in [-0.1, -0.05) is 23.7 Å². The van der Waals surface area contributed by atoms with Crippen molar-refractivity contribution in [3.63, 3.8) is 0 Å². The fraction of sp³-hybridized carbons (Fsp3) is 0.278. The summed E-state index contributed by atoms with van der Waals surface area (Å²) in [6, 6.07) is 7.11. The molecule has 9 heteroatoms. The molecule has 2 aromatic rings. The van der Waals surface area contributed by atoms with Crippen molar-refractivity contribution in [2.24, 2.45) is 5.73 Å². The Morgan fingerprint density at radius 1 is 1.26 bits per heavy atom. The molecular formula is C18H20ClN3O4S. The van der Waals surface area contributed by atoms with Crippen molar-refractivity contribution in [1.82, 2.24) is 10.2 Å². The summed E-state index contributed by atoms with van der Waals surface area (Å²) in [5.74, 6) is -0.943. The molecular weight excluding hydrogens is 390 g/mol.